The third-order valence-electron chi connectivity index (χ3n) is 11.4. The monoisotopic (exact) mass is 527 g/mol. The Labute approximate surface area is 228 Å². The maximum Gasteiger partial charge on any atom is 0.303 e. The van der Waals surface area contributed by atoms with Gasteiger partial charge < -0.3 is 20.7 Å². The van der Waals surface area contributed by atoms with E-state index in [0.29, 0.717) is 30.9 Å². The molecule has 0 radical (unpaired) electrons. The average molecular weight is 528 g/mol. The van der Waals surface area contributed by atoms with E-state index in [0.717, 1.165) is 36.8 Å². The number of esters is 1. The summed E-state index contributed by atoms with van der Waals surface area (Å²) in [5, 5.41) is 22.7. The maximum absolute atomic E-state index is 13.1. The topological polar surface area (TPSA) is 110 Å². The molecule has 0 heterocycles. The number of fused-ring (bicyclic) bond motifs is 5. The number of allylic oxidation sites excluding steroid dienone is 5. The molecule has 0 aromatic carbocycles. The highest BCUT2D eigenvalue weighted by molar-refractivity contribution is 5.97. The molecule has 0 amide bonds. The molecule has 38 heavy (non-hydrogen) atoms. The molecule has 0 aromatic rings. The zero-order chi connectivity index (χ0) is 28.2. The van der Waals surface area contributed by atoms with Gasteiger partial charge in [-0.15, -0.1) is 0 Å². The highest BCUT2D eigenvalue weighted by Gasteiger charge is 2.72. The van der Waals surface area contributed by atoms with Crippen LogP contribution in [0.3, 0.4) is 0 Å². The van der Waals surface area contributed by atoms with Crippen LogP contribution in [0.4, 0.5) is 0 Å². The highest BCUT2D eigenvalue weighted by Crippen LogP contribution is 2.74. The van der Waals surface area contributed by atoms with Crippen molar-refractivity contribution in [2.75, 3.05) is 6.54 Å². The van der Waals surface area contributed by atoms with Gasteiger partial charge in [-0.3, -0.25) is 9.59 Å². The van der Waals surface area contributed by atoms with Crippen molar-refractivity contribution in [2.45, 2.75) is 105 Å². The number of Topliss-reactive ketones (excluding diaryl/α,β-unsaturated/α-hetero) is 1. The van der Waals surface area contributed by atoms with Gasteiger partial charge in [0.15, 0.2) is 5.78 Å². The Morgan fingerprint density at radius 3 is 2.34 bits per heavy atom. The molecule has 0 saturated heterocycles. The van der Waals surface area contributed by atoms with Crippen LogP contribution in [0.15, 0.2) is 34.9 Å². The van der Waals surface area contributed by atoms with E-state index >= 15 is 0 Å². The van der Waals surface area contributed by atoms with Crippen molar-refractivity contribution in [3.05, 3.63) is 34.9 Å². The minimum absolute atomic E-state index is 0.0192. The molecule has 0 spiro atoms. The van der Waals surface area contributed by atoms with Gasteiger partial charge in [0.05, 0.1) is 12.2 Å². The van der Waals surface area contributed by atoms with E-state index in [2.05, 4.69) is 20.8 Å². The van der Waals surface area contributed by atoms with E-state index in [1.807, 2.05) is 32.1 Å². The van der Waals surface area contributed by atoms with Gasteiger partial charge in [-0.1, -0.05) is 44.6 Å². The first-order valence-electron chi connectivity index (χ1n) is 14.5. The predicted molar refractivity (Wildman–Crippen MR) is 149 cm³/mol. The molecule has 4 aliphatic rings. The Balaban J connectivity index is 1.89. The van der Waals surface area contributed by atoms with Crippen LogP contribution in [0.1, 0.15) is 87.0 Å². The molecule has 4 fully saturated rings. The number of aliphatic hydroxyl groups excluding tert-OH is 2. The van der Waals surface area contributed by atoms with Crippen molar-refractivity contribution in [1.29, 1.82) is 0 Å². The smallest absolute Gasteiger partial charge is 0.303 e. The van der Waals surface area contributed by atoms with Gasteiger partial charge in [-0.2, -0.15) is 0 Å². The van der Waals surface area contributed by atoms with Crippen molar-refractivity contribution < 1.29 is 24.5 Å². The Bertz CT molecular complexity index is 1060. The second kappa shape index (κ2) is 10.3. The number of aliphatic hydroxyl groups is 2. The normalized spacial score (nSPS) is 45.6. The van der Waals surface area contributed by atoms with Crippen LogP contribution < -0.4 is 5.73 Å². The Kier molecular flexibility index (Phi) is 7.95. The zero-order valence-electron chi connectivity index (χ0n) is 24.4. The minimum atomic E-state index is -0.590. The van der Waals surface area contributed by atoms with Crippen LogP contribution in [-0.4, -0.2) is 46.8 Å². The van der Waals surface area contributed by atoms with Gasteiger partial charge in [0.25, 0.3) is 0 Å². The Hall–Kier alpha value is -1.76. The molecule has 0 aliphatic heterocycles. The van der Waals surface area contributed by atoms with Crippen LogP contribution >= 0.6 is 0 Å². The van der Waals surface area contributed by atoms with Crippen LogP contribution in [0.5, 0.6) is 0 Å². The molecule has 0 bridgehead atoms. The number of hydrogen-bond donors (Lipinski definition) is 3. The van der Waals surface area contributed by atoms with Gasteiger partial charge in [0.1, 0.15) is 6.10 Å². The Morgan fingerprint density at radius 1 is 1.08 bits per heavy atom. The fourth-order valence-electron chi connectivity index (χ4n) is 9.81. The summed E-state index contributed by atoms with van der Waals surface area (Å²) in [5.74, 6) is -0.0664. The largest absolute Gasteiger partial charge is 0.458 e. The quantitative estimate of drug-likeness (QED) is 0.267. The van der Waals surface area contributed by atoms with Gasteiger partial charge in [-0.05, 0) is 111 Å². The van der Waals surface area contributed by atoms with E-state index in [-0.39, 0.29) is 51.9 Å². The first-order valence-corrected chi connectivity index (χ1v) is 14.5. The van der Waals surface area contributed by atoms with Crippen LogP contribution in [-0.2, 0) is 14.3 Å². The summed E-state index contributed by atoms with van der Waals surface area (Å²) < 4.78 is 5.95. The lowest BCUT2D eigenvalue weighted by atomic mass is 9.36. The summed E-state index contributed by atoms with van der Waals surface area (Å²) in [6.45, 7) is 14.2. The lowest BCUT2D eigenvalue weighted by Crippen LogP contribution is -2.68. The van der Waals surface area contributed by atoms with Gasteiger partial charge in [0.2, 0.25) is 0 Å². The second-order valence-electron chi connectivity index (χ2n) is 13.6. The van der Waals surface area contributed by atoms with Gasteiger partial charge in [0, 0.05) is 12.5 Å². The number of carbonyl (C=O) groups is 2. The van der Waals surface area contributed by atoms with Crippen LogP contribution in [0.25, 0.3) is 0 Å². The van der Waals surface area contributed by atoms with Gasteiger partial charge >= 0.3 is 5.97 Å². The first kappa shape index (κ1) is 29.2. The Morgan fingerprint density at radius 2 is 1.76 bits per heavy atom. The number of ketones is 1. The molecule has 10 atom stereocenters. The SMILES string of the molecule is CC(=O)O[C@H]1C[C@@]2(C)[C@@H](C[C@@H](O)[C@H]3[C@@]4(C)CC[C@@H](O)[C@@H](C)[C@@H]4CC[C@@]32CN)/C1=C(\C=C\C=C(C)C)C(C)=O. The number of hydrogen-bond acceptors (Lipinski definition) is 6. The molecule has 4 saturated carbocycles. The number of rotatable bonds is 5. The molecule has 212 valence electrons. The number of carbonyl (C=O) groups excluding carboxylic acids is 2. The number of nitrogens with two attached hydrogens (primary N) is 1. The van der Waals surface area contributed by atoms with E-state index in [1.54, 1.807) is 6.92 Å². The minimum Gasteiger partial charge on any atom is -0.458 e. The highest BCUT2D eigenvalue weighted by atomic mass is 16.5. The van der Waals surface area contributed by atoms with Crippen molar-refractivity contribution in [3.63, 3.8) is 0 Å². The molecule has 6 nitrogen and oxygen atoms in total. The molecule has 6 heteroatoms. The third-order valence-corrected chi connectivity index (χ3v) is 11.4. The summed E-state index contributed by atoms with van der Waals surface area (Å²) >= 11 is 0. The predicted octanol–water partition coefficient (Wildman–Crippen LogP) is 4.89. The maximum atomic E-state index is 13.1. The van der Waals surface area contributed by atoms with Crippen molar-refractivity contribution in [3.8, 4) is 0 Å². The summed E-state index contributed by atoms with van der Waals surface area (Å²) in [7, 11) is 0. The standard InChI is InChI=1S/C32H49NO5/c1-18(2)9-8-10-22(20(4)34)28-24-15-26(37)29-30(6)13-12-25(36)19(3)23(30)11-14-32(29,17-33)31(24,7)16-27(28)38-21(5)35/h8-10,19,23-27,29,36-37H,11-17,33H2,1-7H3/b10-8+,28-22-/t19-,23-,24-,25+,26+,27-,29-,30-,31-,32+/m0/s1. The number of ether oxygens (including phenoxy) is 1. The average Bonchev–Trinajstić information content (AvgIpc) is 3.09. The molecule has 4 rings (SSSR count). The van der Waals surface area contributed by atoms with Crippen molar-refractivity contribution in [1.82, 2.24) is 0 Å². The summed E-state index contributed by atoms with van der Waals surface area (Å²) in [5.41, 5.74) is 8.46. The van der Waals surface area contributed by atoms with Crippen molar-refractivity contribution >= 4 is 11.8 Å². The fourth-order valence-corrected chi connectivity index (χ4v) is 9.81. The van der Waals surface area contributed by atoms with E-state index in [9.17, 15) is 19.8 Å². The molecule has 4 aliphatic carbocycles. The lowest BCUT2D eigenvalue weighted by Gasteiger charge is -2.69. The summed E-state index contributed by atoms with van der Waals surface area (Å²) in [4.78, 5) is 25.4. The zero-order valence-corrected chi connectivity index (χ0v) is 24.4. The second-order valence-corrected chi connectivity index (χ2v) is 13.6. The molecular weight excluding hydrogens is 478 g/mol. The molecular formula is C32H49NO5. The van der Waals surface area contributed by atoms with Crippen LogP contribution in [0, 0.1) is 39.9 Å². The van der Waals surface area contributed by atoms with Crippen molar-refractivity contribution in [2.24, 2.45) is 45.7 Å². The van der Waals surface area contributed by atoms with E-state index in [1.165, 1.54) is 6.92 Å². The summed E-state index contributed by atoms with van der Waals surface area (Å²) in [6.07, 6.45) is 8.82. The first-order chi connectivity index (χ1) is 17.7. The van der Waals surface area contributed by atoms with Gasteiger partial charge in [-0.25, -0.2) is 0 Å². The van der Waals surface area contributed by atoms with E-state index in [4.69, 9.17) is 10.5 Å². The van der Waals surface area contributed by atoms with Crippen LogP contribution in [0.2, 0.25) is 0 Å². The molecule has 4 N–H and O–H groups in total. The van der Waals surface area contributed by atoms with E-state index < -0.39 is 12.2 Å². The fraction of sp³-hybridized carbons (Fsp3) is 0.750. The third kappa shape index (κ3) is 4.35. The summed E-state index contributed by atoms with van der Waals surface area (Å²) in [6, 6.07) is 0. The lowest BCUT2D eigenvalue weighted by molar-refractivity contribution is -0.237. The molecule has 0 unspecified atom stereocenters. The molecule has 0 aromatic heterocycles.